The monoisotopic (exact) mass is 427 g/mol. The van der Waals surface area contributed by atoms with Crippen molar-refractivity contribution in [2.75, 3.05) is 19.6 Å². The van der Waals surface area contributed by atoms with Crippen LogP contribution in [0.25, 0.3) is 0 Å². The molecule has 0 radical (unpaired) electrons. The minimum atomic E-state index is -0.653. The maximum absolute atomic E-state index is 14.1. The third-order valence-corrected chi connectivity index (χ3v) is 5.95. The van der Waals surface area contributed by atoms with Crippen LogP contribution in [0.15, 0.2) is 42.5 Å². The SMILES string of the molecule is N#Cc1ccc(CN2CC3(CCN(C(=O)c4c(F)cccc4Cl)CC3)OC2=O)cc1. The summed E-state index contributed by atoms with van der Waals surface area (Å²) in [4.78, 5) is 28.3. The van der Waals surface area contributed by atoms with Gasteiger partial charge in [0.25, 0.3) is 5.91 Å². The molecule has 2 aliphatic heterocycles. The van der Waals surface area contributed by atoms with Gasteiger partial charge in [0.15, 0.2) is 0 Å². The predicted molar refractivity (Wildman–Crippen MR) is 107 cm³/mol. The number of piperidine rings is 1. The number of hydrogen-bond acceptors (Lipinski definition) is 4. The number of rotatable bonds is 3. The van der Waals surface area contributed by atoms with E-state index in [1.54, 1.807) is 21.9 Å². The highest BCUT2D eigenvalue weighted by Crippen LogP contribution is 2.35. The van der Waals surface area contributed by atoms with Crippen LogP contribution in [-0.4, -0.2) is 47.0 Å². The van der Waals surface area contributed by atoms with Crippen LogP contribution in [0.5, 0.6) is 0 Å². The summed E-state index contributed by atoms with van der Waals surface area (Å²) in [6.45, 7) is 1.51. The zero-order valence-corrected chi connectivity index (χ0v) is 16.9. The van der Waals surface area contributed by atoms with E-state index in [1.807, 2.05) is 12.1 Å². The van der Waals surface area contributed by atoms with Crippen molar-refractivity contribution in [3.05, 3.63) is 70.0 Å². The first-order valence-corrected chi connectivity index (χ1v) is 9.99. The van der Waals surface area contributed by atoms with Crippen LogP contribution in [-0.2, 0) is 11.3 Å². The number of carbonyl (C=O) groups excluding carboxylic acids is 2. The summed E-state index contributed by atoms with van der Waals surface area (Å²) in [6.07, 6.45) is 0.553. The van der Waals surface area contributed by atoms with E-state index in [2.05, 4.69) is 6.07 Å². The Balaban J connectivity index is 1.40. The number of hydrogen-bond donors (Lipinski definition) is 0. The molecule has 2 aliphatic rings. The minimum absolute atomic E-state index is 0.0844. The summed E-state index contributed by atoms with van der Waals surface area (Å²) >= 11 is 6.02. The van der Waals surface area contributed by atoms with Crippen LogP contribution in [0.1, 0.15) is 34.3 Å². The Morgan fingerprint density at radius 2 is 1.90 bits per heavy atom. The van der Waals surface area contributed by atoms with Crippen molar-refractivity contribution >= 4 is 23.6 Å². The molecule has 0 N–H and O–H groups in total. The van der Waals surface area contributed by atoms with Gasteiger partial charge in [0, 0.05) is 32.5 Å². The van der Waals surface area contributed by atoms with Crippen molar-refractivity contribution in [1.29, 1.82) is 5.26 Å². The van der Waals surface area contributed by atoms with Gasteiger partial charge in [-0.25, -0.2) is 9.18 Å². The Morgan fingerprint density at radius 3 is 2.53 bits per heavy atom. The van der Waals surface area contributed by atoms with E-state index in [0.29, 0.717) is 44.6 Å². The summed E-state index contributed by atoms with van der Waals surface area (Å²) in [5.41, 5.74) is 0.691. The smallest absolute Gasteiger partial charge is 0.410 e. The van der Waals surface area contributed by atoms with E-state index >= 15 is 0 Å². The molecule has 2 aromatic carbocycles. The number of ether oxygens (including phenoxy) is 1. The fourth-order valence-electron chi connectivity index (χ4n) is 3.96. The molecular formula is C22H19ClFN3O3. The van der Waals surface area contributed by atoms with Crippen molar-refractivity contribution in [2.24, 2.45) is 0 Å². The molecule has 8 heteroatoms. The van der Waals surface area contributed by atoms with Crippen molar-refractivity contribution in [3.8, 4) is 6.07 Å². The number of nitrogens with zero attached hydrogens (tertiary/aromatic N) is 3. The third-order valence-electron chi connectivity index (χ3n) is 5.64. The summed E-state index contributed by atoms with van der Waals surface area (Å²) in [7, 11) is 0. The zero-order valence-electron chi connectivity index (χ0n) is 16.1. The van der Waals surface area contributed by atoms with E-state index in [4.69, 9.17) is 21.6 Å². The average Bonchev–Trinajstić information content (AvgIpc) is 3.03. The van der Waals surface area contributed by atoms with Gasteiger partial charge < -0.3 is 9.64 Å². The van der Waals surface area contributed by atoms with Crippen LogP contribution >= 0.6 is 11.6 Å². The van der Waals surface area contributed by atoms with E-state index in [-0.39, 0.29) is 10.6 Å². The molecule has 0 atom stereocenters. The van der Waals surface area contributed by atoms with Gasteiger partial charge in [-0.3, -0.25) is 9.69 Å². The quantitative estimate of drug-likeness (QED) is 0.742. The fourth-order valence-corrected chi connectivity index (χ4v) is 4.20. The summed E-state index contributed by atoms with van der Waals surface area (Å²) < 4.78 is 19.8. The molecule has 0 aromatic heterocycles. The van der Waals surface area contributed by atoms with Gasteiger partial charge in [0.2, 0.25) is 0 Å². The first-order chi connectivity index (χ1) is 14.4. The molecule has 2 heterocycles. The minimum Gasteiger partial charge on any atom is -0.441 e. The molecule has 6 nitrogen and oxygen atoms in total. The predicted octanol–water partition coefficient (Wildman–Crippen LogP) is 3.98. The highest BCUT2D eigenvalue weighted by molar-refractivity contribution is 6.33. The number of carbonyl (C=O) groups is 2. The number of amides is 2. The lowest BCUT2D eigenvalue weighted by atomic mass is 9.91. The van der Waals surface area contributed by atoms with Gasteiger partial charge >= 0.3 is 6.09 Å². The molecule has 2 fully saturated rings. The highest BCUT2D eigenvalue weighted by atomic mass is 35.5. The molecule has 30 heavy (non-hydrogen) atoms. The molecule has 2 amide bonds. The van der Waals surface area contributed by atoms with Gasteiger partial charge in [-0.15, -0.1) is 0 Å². The van der Waals surface area contributed by atoms with Crippen molar-refractivity contribution < 1.29 is 18.7 Å². The summed E-state index contributed by atoms with van der Waals surface area (Å²) in [5.74, 6) is -1.10. The fraction of sp³-hybridized carbons (Fsp3) is 0.318. The standard InChI is InChI=1S/C22H19ClFN3O3/c23-17-2-1-3-18(24)19(17)20(28)26-10-8-22(9-11-26)14-27(21(29)30-22)13-16-6-4-15(12-25)5-7-16/h1-7H,8-11,13-14H2. The van der Waals surface area contributed by atoms with Crippen LogP contribution < -0.4 is 0 Å². The molecular weight excluding hydrogens is 409 g/mol. The Morgan fingerprint density at radius 1 is 1.20 bits per heavy atom. The Hall–Kier alpha value is -3.11. The van der Waals surface area contributed by atoms with Crippen LogP contribution in [0.3, 0.4) is 0 Å². The van der Waals surface area contributed by atoms with Gasteiger partial charge in [0.1, 0.15) is 11.4 Å². The molecule has 0 unspecified atom stereocenters. The lowest BCUT2D eigenvalue weighted by molar-refractivity contribution is 0.00302. The lowest BCUT2D eigenvalue weighted by Crippen LogP contribution is -2.48. The Kier molecular flexibility index (Phi) is 5.35. The van der Waals surface area contributed by atoms with E-state index < -0.39 is 23.4 Å². The molecule has 2 aromatic rings. The van der Waals surface area contributed by atoms with E-state index in [9.17, 15) is 14.0 Å². The van der Waals surface area contributed by atoms with Gasteiger partial charge in [0.05, 0.1) is 28.8 Å². The number of halogens is 2. The molecule has 1 spiro atoms. The van der Waals surface area contributed by atoms with E-state index in [0.717, 1.165) is 5.56 Å². The zero-order chi connectivity index (χ0) is 21.3. The highest BCUT2D eigenvalue weighted by Gasteiger charge is 2.47. The maximum Gasteiger partial charge on any atom is 0.410 e. The molecule has 4 rings (SSSR count). The molecule has 0 bridgehead atoms. The number of nitriles is 1. The Labute approximate surface area is 178 Å². The second-order valence-corrected chi connectivity index (χ2v) is 8.01. The Bertz CT molecular complexity index is 1010. The normalized spacial score (nSPS) is 17.7. The van der Waals surface area contributed by atoms with Crippen molar-refractivity contribution in [3.63, 3.8) is 0 Å². The second-order valence-electron chi connectivity index (χ2n) is 7.60. The first-order valence-electron chi connectivity index (χ1n) is 9.61. The number of benzene rings is 2. The average molecular weight is 428 g/mol. The third kappa shape index (κ3) is 3.83. The van der Waals surface area contributed by atoms with Gasteiger partial charge in [-0.05, 0) is 29.8 Å². The van der Waals surface area contributed by atoms with Crippen LogP contribution in [0.2, 0.25) is 5.02 Å². The van der Waals surface area contributed by atoms with Crippen molar-refractivity contribution in [1.82, 2.24) is 9.80 Å². The van der Waals surface area contributed by atoms with Crippen LogP contribution in [0.4, 0.5) is 9.18 Å². The summed E-state index contributed by atoms with van der Waals surface area (Å²) in [5, 5.41) is 8.98. The molecule has 2 saturated heterocycles. The van der Waals surface area contributed by atoms with Gasteiger partial charge in [-0.2, -0.15) is 5.26 Å². The topological polar surface area (TPSA) is 73.6 Å². The molecule has 154 valence electrons. The summed E-state index contributed by atoms with van der Waals surface area (Å²) in [6, 6.07) is 13.3. The molecule has 0 saturated carbocycles. The maximum atomic E-state index is 14.1. The largest absolute Gasteiger partial charge is 0.441 e. The lowest BCUT2D eigenvalue weighted by Gasteiger charge is -2.37. The van der Waals surface area contributed by atoms with Crippen molar-refractivity contribution in [2.45, 2.75) is 25.0 Å². The van der Waals surface area contributed by atoms with Crippen LogP contribution in [0, 0.1) is 17.1 Å². The van der Waals surface area contributed by atoms with Gasteiger partial charge in [-0.1, -0.05) is 29.8 Å². The first kappa shape index (κ1) is 20.2. The second kappa shape index (κ2) is 7.96. The molecule has 0 aliphatic carbocycles. The van der Waals surface area contributed by atoms with E-state index in [1.165, 1.54) is 18.2 Å². The number of likely N-dealkylation sites (tertiary alicyclic amines) is 1.